The molecule has 0 aliphatic carbocycles. The van der Waals surface area contributed by atoms with Crippen LogP contribution in [0.5, 0.6) is 0 Å². The maximum absolute atomic E-state index is 13.8. The number of primary amides is 1. The molecule has 3 N–H and O–H groups in total. The molecule has 4 heteroatoms. The summed E-state index contributed by atoms with van der Waals surface area (Å²) in [7, 11) is 0. The SMILES string of the molecule is Cc1c(C(N)=O)[nH]c2c(-c3ccccc3)cc(F)cc12. The van der Waals surface area contributed by atoms with Crippen molar-refractivity contribution in [1.29, 1.82) is 0 Å². The van der Waals surface area contributed by atoms with Gasteiger partial charge in [0.1, 0.15) is 11.5 Å². The van der Waals surface area contributed by atoms with Crippen molar-refractivity contribution in [2.75, 3.05) is 0 Å². The van der Waals surface area contributed by atoms with Crippen LogP contribution < -0.4 is 5.73 Å². The number of aromatic nitrogens is 1. The summed E-state index contributed by atoms with van der Waals surface area (Å²) < 4.78 is 13.8. The van der Waals surface area contributed by atoms with Gasteiger partial charge in [0.05, 0.1) is 5.52 Å². The van der Waals surface area contributed by atoms with E-state index in [0.717, 1.165) is 16.6 Å². The first-order chi connectivity index (χ1) is 9.58. The number of carbonyl (C=O) groups excluding carboxylic acids is 1. The number of hydrogen-bond donors (Lipinski definition) is 2. The Morgan fingerprint density at radius 3 is 2.55 bits per heavy atom. The molecule has 1 heterocycles. The second kappa shape index (κ2) is 4.49. The molecule has 0 fully saturated rings. The highest BCUT2D eigenvalue weighted by molar-refractivity contribution is 6.04. The Morgan fingerprint density at radius 2 is 1.90 bits per heavy atom. The Balaban J connectivity index is 2.38. The number of rotatable bonds is 2. The molecule has 0 atom stereocenters. The van der Waals surface area contributed by atoms with E-state index in [2.05, 4.69) is 4.98 Å². The van der Waals surface area contributed by atoms with E-state index in [1.807, 2.05) is 30.3 Å². The van der Waals surface area contributed by atoms with Crippen LogP contribution in [0.4, 0.5) is 4.39 Å². The van der Waals surface area contributed by atoms with Crippen LogP contribution in [-0.2, 0) is 0 Å². The van der Waals surface area contributed by atoms with Crippen LogP contribution in [0.3, 0.4) is 0 Å². The summed E-state index contributed by atoms with van der Waals surface area (Å²) in [4.78, 5) is 14.4. The van der Waals surface area contributed by atoms with Gasteiger partial charge in [-0.25, -0.2) is 4.39 Å². The molecule has 0 radical (unpaired) electrons. The molecular formula is C16H13FN2O. The van der Waals surface area contributed by atoms with Gasteiger partial charge in [0.2, 0.25) is 0 Å². The summed E-state index contributed by atoms with van der Waals surface area (Å²) in [5.74, 6) is -0.882. The highest BCUT2D eigenvalue weighted by Crippen LogP contribution is 2.32. The average molecular weight is 268 g/mol. The number of aryl methyl sites for hydroxylation is 1. The maximum Gasteiger partial charge on any atom is 0.265 e. The smallest absolute Gasteiger partial charge is 0.265 e. The van der Waals surface area contributed by atoms with Gasteiger partial charge in [0, 0.05) is 10.9 Å². The lowest BCUT2D eigenvalue weighted by Crippen LogP contribution is -2.12. The van der Waals surface area contributed by atoms with E-state index in [9.17, 15) is 9.18 Å². The molecule has 2 aromatic carbocycles. The van der Waals surface area contributed by atoms with Crippen LogP contribution in [0.2, 0.25) is 0 Å². The fraction of sp³-hybridized carbons (Fsp3) is 0.0625. The van der Waals surface area contributed by atoms with Gasteiger partial charge in [0.25, 0.3) is 5.91 Å². The van der Waals surface area contributed by atoms with Crippen LogP contribution in [-0.4, -0.2) is 10.9 Å². The zero-order chi connectivity index (χ0) is 14.3. The number of nitrogens with one attached hydrogen (secondary N) is 1. The molecule has 0 aliphatic heterocycles. The number of aromatic amines is 1. The predicted octanol–water partition coefficient (Wildman–Crippen LogP) is 3.38. The van der Waals surface area contributed by atoms with E-state index in [1.165, 1.54) is 12.1 Å². The Labute approximate surface area is 115 Å². The molecule has 0 saturated carbocycles. The molecule has 3 rings (SSSR count). The Kier molecular flexibility index (Phi) is 2.79. The third kappa shape index (κ3) is 1.86. The van der Waals surface area contributed by atoms with E-state index >= 15 is 0 Å². The van der Waals surface area contributed by atoms with Crippen molar-refractivity contribution in [2.45, 2.75) is 6.92 Å². The Morgan fingerprint density at radius 1 is 1.20 bits per heavy atom. The second-order valence-electron chi connectivity index (χ2n) is 4.73. The number of halogens is 1. The molecule has 20 heavy (non-hydrogen) atoms. The van der Waals surface area contributed by atoms with Crippen molar-refractivity contribution < 1.29 is 9.18 Å². The fourth-order valence-electron chi connectivity index (χ4n) is 2.48. The molecule has 100 valence electrons. The molecule has 0 spiro atoms. The van der Waals surface area contributed by atoms with Crippen molar-refractivity contribution in [2.24, 2.45) is 5.73 Å². The highest BCUT2D eigenvalue weighted by Gasteiger charge is 2.16. The first-order valence-electron chi connectivity index (χ1n) is 6.25. The lowest BCUT2D eigenvalue weighted by molar-refractivity contribution is 0.0996. The third-order valence-electron chi connectivity index (χ3n) is 3.46. The van der Waals surface area contributed by atoms with Gasteiger partial charge >= 0.3 is 0 Å². The van der Waals surface area contributed by atoms with Gasteiger partial charge in [-0.1, -0.05) is 30.3 Å². The molecule has 0 saturated heterocycles. The van der Waals surface area contributed by atoms with Gasteiger partial charge in [-0.05, 0) is 30.2 Å². The third-order valence-corrected chi connectivity index (χ3v) is 3.46. The summed E-state index contributed by atoms with van der Waals surface area (Å²) >= 11 is 0. The van der Waals surface area contributed by atoms with E-state index in [0.29, 0.717) is 16.6 Å². The van der Waals surface area contributed by atoms with Crippen molar-refractivity contribution >= 4 is 16.8 Å². The minimum Gasteiger partial charge on any atom is -0.364 e. The molecule has 1 amide bonds. The number of fused-ring (bicyclic) bond motifs is 1. The topological polar surface area (TPSA) is 58.9 Å². The minimum absolute atomic E-state index is 0.322. The lowest BCUT2D eigenvalue weighted by atomic mass is 10.0. The van der Waals surface area contributed by atoms with E-state index < -0.39 is 5.91 Å². The van der Waals surface area contributed by atoms with E-state index in [4.69, 9.17) is 5.73 Å². The van der Waals surface area contributed by atoms with Crippen molar-refractivity contribution in [3.05, 3.63) is 59.5 Å². The predicted molar refractivity (Wildman–Crippen MR) is 76.9 cm³/mol. The zero-order valence-electron chi connectivity index (χ0n) is 10.9. The molecule has 0 aliphatic rings. The highest BCUT2D eigenvalue weighted by atomic mass is 19.1. The molecule has 0 bridgehead atoms. The minimum atomic E-state index is -0.543. The molecule has 3 aromatic rings. The molecule has 0 unspecified atom stereocenters. The fourth-order valence-corrected chi connectivity index (χ4v) is 2.48. The van der Waals surface area contributed by atoms with Gasteiger partial charge in [0.15, 0.2) is 0 Å². The van der Waals surface area contributed by atoms with E-state index in [1.54, 1.807) is 6.92 Å². The molecule has 1 aromatic heterocycles. The summed E-state index contributed by atoms with van der Waals surface area (Å²) in [6, 6.07) is 12.3. The maximum atomic E-state index is 13.8. The number of hydrogen-bond acceptors (Lipinski definition) is 1. The van der Waals surface area contributed by atoms with Crippen molar-refractivity contribution in [1.82, 2.24) is 4.98 Å². The monoisotopic (exact) mass is 268 g/mol. The summed E-state index contributed by atoms with van der Waals surface area (Å²) in [6.45, 7) is 1.76. The van der Waals surface area contributed by atoms with Crippen LogP contribution in [0.1, 0.15) is 16.1 Å². The average Bonchev–Trinajstić information content (AvgIpc) is 2.77. The summed E-state index contributed by atoms with van der Waals surface area (Å²) in [5.41, 5.74) is 8.66. The van der Waals surface area contributed by atoms with Crippen LogP contribution >= 0.6 is 0 Å². The van der Waals surface area contributed by atoms with Gasteiger partial charge in [-0.3, -0.25) is 4.79 Å². The number of H-pyrrole nitrogens is 1. The van der Waals surface area contributed by atoms with Crippen molar-refractivity contribution in [3.63, 3.8) is 0 Å². The quantitative estimate of drug-likeness (QED) is 0.735. The largest absolute Gasteiger partial charge is 0.364 e. The van der Waals surface area contributed by atoms with Crippen LogP contribution in [0.15, 0.2) is 42.5 Å². The standard InChI is InChI=1S/C16H13FN2O/c1-9-12-7-11(17)8-13(10-5-3-2-4-6-10)15(12)19-14(9)16(18)20/h2-8,19H,1H3,(H2,18,20). The van der Waals surface area contributed by atoms with E-state index in [-0.39, 0.29) is 5.82 Å². The van der Waals surface area contributed by atoms with Gasteiger partial charge < -0.3 is 10.7 Å². The first kappa shape index (κ1) is 12.4. The number of benzene rings is 2. The second-order valence-corrected chi connectivity index (χ2v) is 4.73. The number of amides is 1. The van der Waals surface area contributed by atoms with Crippen LogP contribution in [0.25, 0.3) is 22.0 Å². The lowest BCUT2D eigenvalue weighted by Gasteiger charge is -2.04. The van der Waals surface area contributed by atoms with Crippen molar-refractivity contribution in [3.8, 4) is 11.1 Å². The Hall–Kier alpha value is -2.62. The molecule has 3 nitrogen and oxygen atoms in total. The number of carbonyl (C=O) groups is 1. The van der Waals surface area contributed by atoms with Gasteiger partial charge in [-0.2, -0.15) is 0 Å². The summed E-state index contributed by atoms with van der Waals surface area (Å²) in [5, 5.41) is 0.678. The van der Waals surface area contributed by atoms with Crippen LogP contribution in [0, 0.1) is 12.7 Å². The van der Waals surface area contributed by atoms with Gasteiger partial charge in [-0.15, -0.1) is 0 Å². The zero-order valence-corrected chi connectivity index (χ0v) is 10.9. The number of nitrogens with two attached hydrogens (primary N) is 1. The molecular weight excluding hydrogens is 255 g/mol. The summed E-state index contributed by atoms with van der Waals surface area (Å²) in [6.07, 6.45) is 0. The Bertz CT molecular complexity index is 806. The normalized spacial score (nSPS) is 10.9. The first-order valence-corrected chi connectivity index (χ1v) is 6.25.